The molecule has 0 spiro atoms. The Bertz CT molecular complexity index is 222. The predicted molar refractivity (Wildman–Crippen MR) is 49.1 cm³/mol. The third-order valence-electron chi connectivity index (χ3n) is 3.52. The number of esters is 1. The highest BCUT2D eigenvalue weighted by Gasteiger charge is 2.51. The van der Waals surface area contributed by atoms with Crippen molar-refractivity contribution in [3.63, 3.8) is 0 Å². The second-order valence-corrected chi connectivity index (χ2v) is 4.24. The number of fused-ring (bicyclic) bond motifs is 2. The van der Waals surface area contributed by atoms with Gasteiger partial charge in [-0.3, -0.25) is 4.79 Å². The molecule has 0 aromatic heterocycles. The van der Waals surface area contributed by atoms with Crippen LogP contribution >= 0.6 is 11.8 Å². The average molecular weight is 204 g/mol. The Labute approximate surface area is 82.9 Å². The molecule has 2 saturated carbocycles. The van der Waals surface area contributed by atoms with Gasteiger partial charge in [0, 0.05) is 6.04 Å². The standard InChI is InChI=1S/C9H14ClNO2/c1-13-9(12)7-5-2-3-6(4-5)8(7)11-10/h5-8,11H,2-4H2,1H3/t5?,6?,7-,8+/m0/s1. The number of rotatable bonds is 2. The molecular weight excluding hydrogens is 190 g/mol. The molecule has 0 amide bonds. The molecule has 1 N–H and O–H groups in total. The predicted octanol–water partition coefficient (Wildman–Crippen LogP) is 1.32. The summed E-state index contributed by atoms with van der Waals surface area (Å²) < 4.78 is 4.78. The third-order valence-corrected chi connectivity index (χ3v) is 3.77. The molecule has 0 saturated heterocycles. The highest BCUT2D eigenvalue weighted by molar-refractivity contribution is 6.13. The van der Waals surface area contributed by atoms with Crippen molar-refractivity contribution in [1.29, 1.82) is 0 Å². The molecule has 2 bridgehead atoms. The van der Waals surface area contributed by atoms with E-state index in [-0.39, 0.29) is 17.9 Å². The first-order chi connectivity index (χ1) is 6.27. The quantitative estimate of drug-likeness (QED) is 0.544. The Morgan fingerprint density at radius 1 is 1.46 bits per heavy atom. The van der Waals surface area contributed by atoms with Gasteiger partial charge in [0.2, 0.25) is 0 Å². The zero-order chi connectivity index (χ0) is 9.42. The summed E-state index contributed by atoms with van der Waals surface area (Å²) in [6, 6.07) is 0.132. The first-order valence-corrected chi connectivity index (χ1v) is 5.09. The molecule has 0 heterocycles. The molecule has 2 aliphatic rings. The van der Waals surface area contributed by atoms with Crippen LogP contribution in [0.3, 0.4) is 0 Å². The minimum absolute atomic E-state index is 0.0127. The van der Waals surface area contributed by atoms with Crippen LogP contribution in [0.1, 0.15) is 19.3 Å². The summed E-state index contributed by atoms with van der Waals surface area (Å²) in [6.07, 6.45) is 3.48. The maximum atomic E-state index is 11.5. The first kappa shape index (κ1) is 9.28. The lowest BCUT2D eigenvalue weighted by molar-refractivity contribution is -0.148. The van der Waals surface area contributed by atoms with Gasteiger partial charge in [0.25, 0.3) is 0 Å². The van der Waals surface area contributed by atoms with Crippen LogP contribution in [0, 0.1) is 17.8 Å². The summed E-state index contributed by atoms with van der Waals surface area (Å²) in [5.41, 5.74) is 0. The first-order valence-electron chi connectivity index (χ1n) is 4.72. The Morgan fingerprint density at radius 3 is 2.77 bits per heavy atom. The molecule has 0 aliphatic heterocycles. The zero-order valence-corrected chi connectivity index (χ0v) is 8.38. The van der Waals surface area contributed by atoms with Crippen molar-refractivity contribution in [3.05, 3.63) is 0 Å². The number of carbonyl (C=O) groups is 1. The summed E-state index contributed by atoms with van der Waals surface area (Å²) in [6.45, 7) is 0. The number of halogens is 1. The lowest BCUT2D eigenvalue weighted by Crippen LogP contribution is -2.40. The summed E-state index contributed by atoms with van der Waals surface area (Å²) in [5, 5.41) is 0. The van der Waals surface area contributed by atoms with Gasteiger partial charge >= 0.3 is 5.97 Å². The van der Waals surface area contributed by atoms with Gasteiger partial charge in [-0.25, -0.2) is 4.84 Å². The second-order valence-electron chi connectivity index (χ2n) is 4.02. The molecule has 0 aromatic rings. The van der Waals surface area contributed by atoms with Gasteiger partial charge in [-0.1, -0.05) is 0 Å². The van der Waals surface area contributed by atoms with Crippen molar-refractivity contribution < 1.29 is 9.53 Å². The van der Waals surface area contributed by atoms with Crippen LogP contribution in [0.4, 0.5) is 0 Å². The zero-order valence-electron chi connectivity index (χ0n) is 7.63. The fourth-order valence-electron chi connectivity index (χ4n) is 2.92. The highest BCUT2D eigenvalue weighted by atomic mass is 35.5. The van der Waals surface area contributed by atoms with Gasteiger partial charge in [0.1, 0.15) is 0 Å². The topological polar surface area (TPSA) is 38.3 Å². The number of ether oxygens (including phenoxy) is 1. The van der Waals surface area contributed by atoms with Gasteiger partial charge in [0.15, 0.2) is 0 Å². The SMILES string of the molecule is COC(=O)[C@H]1C2CCC(C2)[C@H]1NCl. The third kappa shape index (κ3) is 1.34. The van der Waals surface area contributed by atoms with Gasteiger partial charge in [-0.15, -0.1) is 0 Å². The fraction of sp³-hybridized carbons (Fsp3) is 0.889. The van der Waals surface area contributed by atoms with Crippen LogP contribution in [0.2, 0.25) is 0 Å². The molecule has 13 heavy (non-hydrogen) atoms. The summed E-state index contributed by atoms with van der Waals surface area (Å²) >= 11 is 5.64. The normalized spacial score (nSPS) is 42.3. The highest BCUT2D eigenvalue weighted by Crippen LogP contribution is 2.48. The van der Waals surface area contributed by atoms with E-state index < -0.39 is 0 Å². The minimum atomic E-state index is -0.106. The van der Waals surface area contributed by atoms with E-state index in [2.05, 4.69) is 4.84 Å². The molecule has 0 radical (unpaired) electrons. The molecule has 2 unspecified atom stereocenters. The van der Waals surface area contributed by atoms with E-state index in [1.54, 1.807) is 0 Å². The van der Waals surface area contributed by atoms with E-state index in [0.717, 1.165) is 12.8 Å². The van der Waals surface area contributed by atoms with Crippen LogP contribution < -0.4 is 4.84 Å². The molecule has 74 valence electrons. The van der Waals surface area contributed by atoms with Crippen molar-refractivity contribution in [2.75, 3.05) is 7.11 Å². The summed E-state index contributed by atoms with van der Waals surface area (Å²) in [4.78, 5) is 14.2. The summed E-state index contributed by atoms with van der Waals surface area (Å²) in [7, 11) is 1.44. The molecule has 2 rings (SSSR count). The van der Waals surface area contributed by atoms with Gasteiger partial charge < -0.3 is 4.74 Å². The number of hydrogen-bond acceptors (Lipinski definition) is 3. The number of hydrogen-bond donors (Lipinski definition) is 1. The molecule has 4 heteroatoms. The monoisotopic (exact) mass is 203 g/mol. The van der Waals surface area contributed by atoms with Crippen LogP contribution in [-0.2, 0) is 9.53 Å². The van der Waals surface area contributed by atoms with E-state index in [4.69, 9.17) is 16.5 Å². The number of methoxy groups -OCH3 is 1. The van der Waals surface area contributed by atoms with Gasteiger partial charge in [-0.05, 0) is 42.9 Å². The minimum Gasteiger partial charge on any atom is -0.469 e. The van der Waals surface area contributed by atoms with Gasteiger partial charge in [-0.2, -0.15) is 0 Å². The number of nitrogens with one attached hydrogen (secondary N) is 1. The van der Waals surface area contributed by atoms with Crippen LogP contribution in [0.15, 0.2) is 0 Å². The Balaban J connectivity index is 2.13. The van der Waals surface area contributed by atoms with E-state index >= 15 is 0 Å². The maximum Gasteiger partial charge on any atom is 0.310 e. The molecular formula is C9H14ClNO2. The van der Waals surface area contributed by atoms with Crippen molar-refractivity contribution >= 4 is 17.7 Å². The van der Waals surface area contributed by atoms with E-state index in [0.29, 0.717) is 11.8 Å². The second kappa shape index (κ2) is 3.46. The fourth-order valence-corrected chi connectivity index (χ4v) is 3.24. The van der Waals surface area contributed by atoms with E-state index in [9.17, 15) is 4.79 Å². The molecule has 3 nitrogen and oxygen atoms in total. The molecule has 4 atom stereocenters. The largest absolute Gasteiger partial charge is 0.469 e. The maximum absolute atomic E-state index is 11.5. The average Bonchev–Trinajstić information content (AvgIpc) is 2.74. The van der Waals surface area contributed by atoms with Crippen LogP contribution in [0.5, 0.6) is 0 Å². The van der Waals surface area contributed by atoms with Gasteiger partial charge in [0.05, 0.1) is 13.0 Å². The smallest absolute Gasteiger partial charge is 0.310 e. The van der Waals surface area contributed by atoms with Crippen LogP contribution in [0.25, 0.3) is 0 Å². The Morgan fingerprint density at radius 2 is 2.15 bits per heavy atom. The lowest BCUT2D eigenvalue weighted by atomic mass is 9.85. The Kier molecular flexibility index (Phi) is 2.47. The summed E-state index contributed by atoms with van der Waals surface area (Å²) in [5.74, 6) is 0.951. The van der Waals surface area contributed by atoms with E-state index in [1.165, 1.54) is 13.5 Å². The number of carbonyl (C=O) groups excluding carboxylic acids is 1. The van der Waals surface area contributed by atoms with Crippen molar-refractivity contribution in [2.45, 2.75) is 25.3 Å². The van der Waals surface area contributed by atoms with Crippen molar-refractivity contribution in [2.24, 2.45) is 17.8 Å². The van der Waals surface area contributed by atoms with E-state index in [1.807, 2.05) is 0 Å². The Hall–Kier alpha value is -0.280. The van der Waals surface area contributed by atoms with Crippen molar-refractivity contribution in [3.8, 4) is 0 Å². The molecule has 0 aromatic carbocycles. The molecule has 2 aliphatic carbocycles. The van der Waals surface area contributed by atoms with Crippen LogP contribution in [-0.4, -0.2) is 19.1 Å². The lowest BCUT2D eigenvalue weighted by Gasteiger charge is -2.27. The van der Waals surface area contributed by atoms with Crippen molar-refractivity contribution in [1.82, 2.24) is 4.84 Å². The molecule has 2 fully saturated rings.